The van der Waals surface area contributed by atoms with Crippen molar-refractivity contribution in [1.29, 1.82) is 0 Å². The summed E-state index contributed by atoms with van der Waals surface area (Å²) in [6.45, 7) is -0.651. The molecule has 0 aromatic carbocycles. The largest absolute Gasteiger partial charge is 0.368 e. The second-order valence-electron chi connectivity index (χ2n) is 4.66. The van der Waals surface area contributed by atoms with Gasteiger partial charge in [-0.15, -0.1) is 0 Å². The molecule has 1 heterocycles. The minimum absolute atomic E-state index is 0.302. The summed E-state index contributed by atoms with van der Waals surface area (Å²) < 4.78 is 0. The van der Waals surface area contributed by atoms with Crippen LogP contribution < -0.4 is 11.1 Å². The molecule has 2 aliphatic rings. The SMILES string of the molecule is NC(=O)CNC(=O)CN1C(=O)[C@H]2CC=CC[C@H]2C1=O. The number of hydrogen-bond acceptors (Lipinski definition) is 4. The normalized spacial score (nSPS) is 25.4. The maximum atomic E-state index is 12.0. The molecule has 0 bridgehead atoms. The molecule has 1 fully saturated rings. The first kappa shape index (κ1) is 13.3. The summed E-state index contributed by atoms with van der Waals surface area (Å²) in [5.41, 5.74) is 4.89. The van der Waals surface area contributed by atoms with E-state index < -0.39 is 11.8 Å². The van der Waals surface area contributed by atoms with Crippen molar-refractivity contribution in [2.24, 2.45) is 17.6 Å². The van der Waals surface area contributed by atoms with Crippen molar-refractivity contribution in [1.82, 2.24) is 10.2 Å². The van der Waals surface area contributed by atoms with Crippen molar-refractivity contribution >= 4 is 23.6 Å². The zero-order valence-corrected chi connectivity index (χ0v) is 10.3. The van der Waals surface area contributed by atoms with E-state index in [1.165, 1.54) is 0 Å². The third kappa shape index (κ3) is 2.64. The highest BCUT2D eigenvalue weighted by Crippen LogP contribution is 2.34. The highest BCUT2D eigenvalue weighted by atomic mass is 16.2. The molecule has 0 saturated carbocycles. The molecule has 0 radical (unpaired) electrons. The van der Waals surface area contributed by atoms with Gasteiger partial charge in [-0.05, 0) is 12.8 Å². The molecule has 1 saturated heterocycles. The molecule has 0 aromatic heterocycles. The molecule has 2 rings (SSSR count). The van der Waals surface area contributed by atoms with Crippen LogP contribution in [0.3, 0.4) is 0 Å². The van der Waals surface area contributed by atoms with E-state index in [9.17, 15) is 19.2 Å². The highest BCUT2D eigenvalue weighted by Gasteiger charge is 2.47. The van der Waals surface area contributed by atoms with E-state index >= 15 is 0 Å². The van der Waals surface area contributed by atoms with Crippen LogP contribution in [0.15, 0.2) is 12.2 Å². The Bertz CT molecular complexity index is 446. The van der Waals surface area contributed by atoms with E-state index in [2.05, 4.69) is 5.32 Å². The number of nitrogens with zero attached hydrogens (tertiary/aromatic N) is 1. The van der Waals surface area contributed by atoms with Gasteiger partial charge in [0, 0.05) is 0 Å². The minimum Gasteiger partial charge on any atom is -0.368 e. The molecule has 0 aromatic rings. The first-order valence-corrected chi connectivity index (χ1v) is 6.06. The van der Waals surface area contributed by atoms with Crippen LogP contribution in [0.2, 0.25) is 0 Å². The van der Waals surface area contributed by atoms with E-state index in [4.69, 9.17) is 5.73 Å². The molecule has 4 amide bonds. The first-order chi connectivity index (χ1) is 9.00. The van der Waals surface area contributed by atoms with Gasteiger partial charge in [0.15, 0.2) is 0 Å². The Labute approximate surface area is 109 Å². The fourth-order valence-corrected chi connectivity index (χ4v) is 2.41. The monoisotopic (exact) mass is 265 g/mol. The number of carbonyl (C=O) groups excluding carboxylic acids is 4. The van der Waals surface area contributed by atoms with Crippen LogP contribution >= 0.6 is 0 Å². The number of fused-ring (bicyclic) bond motifs is 1. The van der Waals surface area contributed by atoms with Gasteiger partial charge < -0.3 is 11.1 Å². The average molecular weight is 265 g/mol. The molecule has 2 atom stereocenters. The van der Waals surface area contributed by atoms with Crippen LogP contribution in [0.4, 0.5) is 0 Å². The van der Waals surface area contributed by atoms with Crippen molar-refractivity contribution < 1.29 is 19.2 Å². The van der Waals surface area contributed by atoms with Gasteiger partial charge in [-0.25, -0.2) is 0 Å². The number of likely N-dealkylation sites (tertiary alicyclic amines) is 1. The van der Waals surface area contributed by atoms with E-state index in [1.807, 2.05) is 12.2 Å². The molecular weight excluding hydrogens is 250 g/mol. The van der Waals surface area contributed by atoms with Crippen LogP contribution in [-0.4, -0.2) is 41.6 Å². The van der Waals surface area contributed by atoms with Gasteiger partial charge in [0.2, 0.25) is 23.6 Å². The van der Waals surface area contributed by atoms with Gasteiger partial charge in [0.1, 0.15) is 6.54 Å². The fourth-order valence-electron chi connectivity index (χ4n) is 2.41. The van der Waals surface area contributed by atoms with Crippen molar-refractivity contribution in [2.45, 2.75) is 12.8 Å². The number of primary amides is 1. The quantitative estimate of drug-likeness (QED) is 0.478. The summed E-state index contributed by atoms with van der Waals surface area (Å²) in [6, 6.07) is 0. The van der Waals surface area contributed by atoms with Crippen LogP contribution in [0.25, 0.3) is 0 Å². The lowest BCUT2D eigenvalue weighted by Gasteiger charge is -2.14. The zero-order chi connectivity index (χ0) is 14.0. The number of hydrogen-bond donors (Lipinski definition) is 2. The van der Waals surface area contributed by atoms with Crippen molar-refractivity contribution in [3.8, 4) is 0 Å². The lowest BCUT2D eigenvalue weighted by molar-refractivity contribution is -0.143. The van der Waals surface area contributed by atoms with Gasteiger partial charge in [-0.3, -0.25) is 24.1 Å². The van der Waals surface area contributed by atoms with Crippen LogP contribution in [0.1, 0.15) is 12.8 Å². The van der Waals surface area contributed by atoms with Crippen molar-refractivity contribution in [3.63, 3.8) is 0 Å². The third-order valence-corrected chi connectivity index (χ3v) is 3.36. The van der Waals surface area contributed by atoms with E-state index in [0.29, 0.717) is 12.8 Å². The number of rotatable bonds is 4. The molecule has 1 aliphatic carbocycles. The minimum atomic E-state index is -0.676. The Balaban J connectivity index is 1.98. The molecule has 102 valence electrons. The molecule has 7 heteroatoms. The molecular formula is C12H15N3O4. The average Bonchev–Trinajstić information content (AvgIpc) is 2.62. The van der Waals surface area contributed by atoms with E-state index in [-0.39, 0.29) is 36.7 Å². The summed E-state index contributed by atoms with van der Waals surface area (Å²) in [5, 5.41) is 2.26. The second kappa shape index (κ2) is 5.21. The van der Waals surface area contributed by atoms with Gasteiger partial charge in [0.25, 0.3) is 0 Å². The summed E-state index contributed by atoms with van der Waals surface area (Å²) in [5.74, 6) is -2.55. The summed E-state index contributed by atoms with van der Waals surface area (Å²) in [6.07, 6.45) is 4.83. The number of allylic oxidation sites excluding steroid dienone is 2. The third-order valence-electron chi connectivity index (χ3n) is 3.36. The highest BCUT2D eigenvalue weighted by molar-refractivity contribution is 6.07. The van der Waals surface area contributed by atoms with Crippen molar-refractivity contribution in [2.75, 3.05) is 13.1 Å². The summed E-state index contributed by atoms with van der Waals surface area (Å²) >= 11 is 0. The van der Waals surface area contributed by atoms with Gasteiger partial charge >= 0.3 is 0 Å². The zero-order valence-electron chi connectivity index (χ0n) is 10.3. The Morgan fingerprint density at radius 3 is 2.21 bits per heavy atom. The predicted molar refractivity (Wildman–Crippen MR) is 64.3 cm³/mol. The van der Waals surface area contributed by atoms with Crippen LogP contribution in [-0.2, 0) is 19.2 Å². The lowest BCUT2D eigenvalue weighted by atomic mass is 9.85. The maximum Gasteiger partial charge on any atom is 0.240 e. The van der Waals surface area contributed by atoms with Crippen LogP contribution in [0, 0.1) is 11.8 Å². The molecule has 3 N–H and O–H groups in total. The molecule has 19 heavy (non-hydrogen) atoms. The Morgan fingerprint density at radius 1 is 1.21 bits per heavy atom. The van der Waals surface area contributed by atoms with Gasteiger partial charge in [-0.2, -0.15) is 0 Å². The molecule has 7 nitrogen and oxygen atoms in total. The standard InChI is InChI=1S/C12H15N3O4/c13-9(16)5-14-10(17)6-15-11(18)7-3-1-2-4-8(7)12(15)19/h1-2,7-8H,3-6H2,(H2,13,16)(H,14,17)/t7-,8+. The maximum absolute atomic E-state index is 12.0. The fraction of sp³-hybridized carbons (Fsp3) is 0.500. The van der Waals surface area contributed by atoms with Crippen LogP contribution in [0.5, 0.6) is 0 Å². The number of nitrogens with two attached hydrogens (primary N) is 1. The molecule has 0 unspecified atom stereocenters. The Morgan fingerprint density at radius 2 is 1.74 bits per heavy atom. The van der Waals surface area contributed by atoms with E-state index in [0.717, 1.165) is 4.90 Å². The number of amides is 4. The Kier molecular flexibility index (Phi) is 3.64. The smallest absolute Gasteiger partial charge is 0.240 e. The first-order valence-electron chi connectivity index (χ1n) is 6.06. The summed E-state index contributed by atoms with van der Waals surface area (Å²) in [7, 11) is 0. The van der Waals surface area contributed by atoms with Crippen molar-refractivity contribution in [3.05, 3.63) is 12.2 Å². The van der Waals surface area contributed by atoms with Gasteiger partial charge in [-0.1, -0.05) is 12.2 Å². The number of nitrogens with one attached hydrogen (secondary N) is 1. The lowest BCUT2D eigenvalue weighted by Crippen LogP contribution is -2.43. The van der Waals surface area contributed by atoms with Gasteiger partial charge in [0.05, 0.1) is 18.4 Å². The number of imide groups is 1. The molecule has 1 aliphatic heterocycles. The van der Waals surface area contributed by atoms with E-state index in [1.54, 1.807) is 0 Å². The Hall–Kier alpha value is -2.18. The number of carbonyl (C=O) groups is 4. The second-order valence-corrected chi connectivity index (χ2v) is 4.66. The predicted octanol–water partition coefficient (Wildman–Crippen LogP) is -1.46. The molecule has 0 spiro atoms. The summed E-state index contributed by atoms with van der Waals surface area (Å²) in [4.78, 5) is 47.1. The topological polar surface area (TPSA) is 110 Å².